The zero-order valence-corrected chi connectivity index (χ0v) is 15.8. The van der Waals surface area contributed by atoms with Crippen LogP contribution in [0.4, 0.5) is 15.8 Å². The summed E-state index contributed by atoms with van der Waals surface area (Å²) in [5.41, 5.74) is 0.944. The molecule has 0 saturated carbocycles. The second-order valence-corrected chi connectivity index (χ2v) is 9.82. The van der Waals surface area contributed by atoms with Crippen LogP contribution in [-0.2, 0) is 20.0 Å². The molecule has 0 aromatic heterocycles. The number of hydrogen-bond donors (Lipinski definition) is 1. The Morgan fingerprint density at radius 2 is 1.88 bits per heavy atom. The van der Waals surface area contributed by atoms with Crippen LogP contribution in [0.15, 0.2) is 47.4 Å². The Labute approximate surface area is 152 Å². The van der Waals surface area contributed by atoms with Crippen molar-refractivity contribution in [3.8, 4) is 0 Å². The summed E-state index contributed by atoms with van der Waals surface area (Å²) in [7, 11) is -7.31. The number of nitrogens with zero attached hydrogens (tertiary/aromatic N) is 1. The Hall–Kier alpha value is -2.13. The van der Waals surface area contributed by atoms with Gasteiger partial charge in [-0.05, 0) is 61.7 Å². The minimum absolute atomic E-state index is 0.0325. The number of anilines is 2. The Kier molecular flexibility index (Phi) is 4.94. The van der Waals surface area contributed by atoms with Crippen LogP contribution in [0.1, 0.15) is 18.4 Å². The van der Waals surface area contributed by atoms with Crippen molar-refractivity contribution in [1.82, 2.24) is 0 Å². The first-order valence-electron chi connectivity index (χ1n) is 8.08. The van der Waals surface area contributed by atoms with Crippen molar-refractivity contribution in [2.75, 3.05) is 21.3 Å². The molecule has 0 unspecified atom stereocenters. The number of nitrogens with one attached hydrogen (secondary N) is 1. The first-order valence-corrected chi connectivity index (χ1v) is 11.2. The van der Waals surface area contributed by atoms with Crippen molar-refractivity contribution in [3.05, 3.63) is 53.8 Å². The van der Waals surface area contributed by atoms with Gasteiger partial charge in [-0.3, -0.25) is 9.03 Å². The van der Waals surface area contributed by atoms with Crippen LogP contribution in [0.25, 0.3) is 0 Å². The Balaban J connectivity index is 1.91. The van der Waals surface area contributed by atoms with Crippen molar-refractivity contribution >= 4 is 31.4 Å². The van der Waals surface area contributed by atoms with Gasteiger partial charge in [0.15, 0.2) is 0 Å². The van der Waals surface area contributed by atoms with Gasteiger partial charge >= 0.3 is 0 Å². The molecule has 0 amide bonds. The smallest absolute Gasteiger partial charge is 0.262 e. The van der Waals surface area contributed by atoms with Crippen LogP contribution >= 0.6 is 0 Å². The van der Waals surface area contributed by atoms with E-state index in [1.807, 2.05) is 0 Å². The molecule has 26 heavy (non-hydrogen) atoms. The van der Waals surface area contributed by atoms with E-state index in [1.54, 1.807) is 12.1 Å². The summed E-state index contributed by atoms with van der Waals surface area (Å²) in [6.45, 7) is 1.88. The SMILES string of the molecule is Cc1cc(F)ccc1S(=O)(=O)Nc1cccc(N2CCCCS2(=O)=O)c1. The molecular formula is C17H19FN2O4S2. The molecule has 0 spiro atoms. The standard InChI is InChI=1S/C17H19FN2O4S2/c1-13-11-14(18)7-8-17(13)26(23,24)19-15-5-4-6-16(12-15)20-9-2-3-10-25(20,21)22/h4-8,11-12,19H,2-3,9-10H2,1H3. The van der Waals surface area contributed by atoms with E-state index in [2.05, 4.69) is 4.72 Å². The van der Waals surface area contributed by atoms with Gasteiger partial charge < -0.3 is 0 Å². The highest BCUT2D eigenvalue weighted by atomic mass is 32.2. The maximum atomic E-state index is 13.2. The Bertz CT molecular complexity index is 1040. The average molecular weight is 398 g/mol. The Morgan fingerprint density at radius 3 is 2.58 bits per heavy atom. The third kappa shape index (κ3) is 3.83. The van der Waals surface area contributed by atoms with Gasteiger partial charge in [-0.25, -0.2) is 21.2 Å². The van der Waals surface area contributed by atoms with Crippen LogP contribution in [0.2, 0.25) is 0 Å². The number of rotatable bonds is 4. The van der Waals surface area contributed by atoms with Crippen LogP contribution in [-0.4, -0.2) is 29.1 Å². The fourth-order valence-electron chi connectivity index (χ4n) is 2.93. The molecule has 1 heterocycles. The number of aryl methyl sites for hydroxylation is 1. The molecule has 1 fully saturated rings. The Morgan fingerprint density at radius 1 is 1.12 bits per heavy atom. The predicted molar refractivity (Wildman–Crippen MR) is 98.8 cm³/mol. The molecule has 0 atom stereocenters. The summed E-state index contributed by atoms with van der Waals surface area (Å²) in [6.07, 6.45) is 1.37. The minimum Gasteiger partial charge on any atom is -0.280 e. The quantitative estimate of drug-likeness (QED) is 0.858. The molecule has 2 aromatic carbocycles. The van der Waals surface area contributed by atoms with Gasteiger partial charge in [0.2, 0.25) is 10.0 Å². The van der Waals surface area contributed by atoms with Crippen molar-refractivity contribution in [2.24, 2.45) is 0 Å². The van der Waals surface area contributed by atoms with Gasteiger partial charge in [0.25, 0.3) is 10.0 Å². The molecular weight excluding hydrogens is 379 g/mol. The third-order valence-electron chi connectivity index (χ3n) is 4.16. The zero-order valence-electron chi connectivity index (χ0n) is 14.1. The van der Waals surface area contributed by atoms with Gasteiger partial charge in [0.1, 0.15) is 5.82 Å². The van der Waals surface area contributed by atoms with E-state index in [1.165, 1.54) is 29.4 Å². The zero-order chi connectivity index (χ0) is 18.9. The number of sulfonamides is 2. The van der Waals surface area contributed by atoms with Crippen molar-refractivity contribution < 1.29 is 21.2 Å². The van der Waals surface area contributed by atoms with E-state index in [9.17, 15) is 21.2 Å². The van der Waals surface area contributed by atoms with Crippen LogP contribution in [0.3, 0.4) is 0 Å². The molecule has 2 aromatic rings. The van der Waals surface area contributed by atoms with E-state index >= 15 is 0 Å². The fourth-order valence-corrected chi connectivity index (χ4v) is 5.84. The van der Waals surface area contributed by atoms with E-state index < -0.39 is 25.9 Å². The lowest BCUT2D eigenvalue weighted by Crippen LogP contribution is -2.37. The second-order valence-electron chi connectivity index (χ2n) is 6.16. The molecule has 0 bridgehead atoms. The molecule has 9 heteroatoms. The molecule has 1 saturated heterocycles. The largest absolute Gasteiger partial charge is 0.280 e. The normalized spacial score (nSPS) is 17.1. The predicted octanol–water partition coefficient (Wildman–Crippen LogP) is 2.86. The number of benzene rings is 2. The maximum Gasteiger partial charge on any atom is 0.262 e. The fraction of sp³-hybridized carbons (Fsp3) is 0.294. The molecule has 0 radical (unpaired) electrons. The molecule has 6 nitrogen and oxygen atoms in total. The molecule has 0 aliphatic carbocycles. The highest BCUT2D eigenvalue weighted by Gasteiger charge is 2.26. The van der Waals surface area contributed by atoms with E-state index in [-0.39, 0.29) is 21.9 Å². The highest BCUT2D eigenvalue weighted by molar-refractivity contribution is 7.93. The second kappa shape index (κ2) is 6.88. The van der Waals surface area contributed by atoms with Gasteiger partial charge in [0.05, 0.1) is 22.0 Å². The summed E-state index contributed by atoms with van der Waals surface area (Å²) < 4.78 is 66.6. The summed E-state index contributed by atoms with van der Waals surface area (Å²) in [6, 6.07) is 9.67. The monoisotopic (exact) mass is 398 g/mol. The van der Waals surface area contributed by atoms with Crippen molar-refractivity contribution in [2.45, 2.75) is 24.7 Å². The summed E-state index contributed by atoms with van der Waals surface area (Å²) in [4.78, 5) is -0.0325. The molecule has 1 aliphatic rings. The molecule has 140 valence electrons. The summed E-state index contributed by atoms with van der Waals surface area (Å²) in [5.74, 6) is -0.434. The van der Waals surface area contributed by atoms with E-state index in [0.29, 0.717) is 18.7 Å². The highest BCUT2D eigenvalue weighted by Crippen LogP contribution is 2.27. The molecule has 3 rings (SSSR count). The summed E-state index contributed by atoms with van der Waals surface area (Å²) in [5, 5.41) is 0. The van der Waals surface area contributed by atoms with Crippen molar-refractivity contribution in [1.29, 1.82) is 0 Å². The van der Waals surface area contributed by atoms with Gasteiger partial charge in [-0.1, -0.05) is 6.07 Å². The maximum absolute atomic E-state index is 13.2. The molecule has 1 aliphatic heterocycles. The van der Waals surface area contributed by atoms with Crippen LogP contribution in [0.5, 0.6) is 0 Å². The van der Waals surface area contributed by atoms with Crippen LogP contribution in [0, 0.1) is 12.7 Å². The first-order chi connectivity index (χ1) is 12.2. The topological polar surface area (TPSA) is 83.6 Å². The lowest BCUT2D eigenvalue weighted by molar-refractivity contribution is 0.574. The summed E-state index contributed by atoms with van der Waals surface area (Å²) >= 11 is 0. The first kappa shape index (κ1) is 18.7. The average Bonchev–Trinajstić information content (AvgIpc) is 2.53. The lowest BCUT2D eigenvalue weighted by Gasteiger charge is -2.28. The van der Waals surface area contributed by atoms with Gasteiger partial charge in [-0.15, -0.1) is 0 Å². The van der Waals surface area contributed by atoms with E-state index in [4.69, 9.17) is 0 Å². The lowest BCUT2D eigenvalue weighted by atomic mass is 10.2. The van der Waals surface area contributed by atoms with Crippen LogP contribution < -0.4 is 9.03 Å². The number of halogens is 1. The number of hydrogen-bond acceptors (Lipinski definition) is 4. The van der Waals surface area contributed by atoms with Crippen molar-refractivity contribution in [3.63, 3.8) is 0 Å². The minimum atomic E-state index is -3.92. The third-order valence-corrected chi connectivity index (χ3v) is 7.57. The van der Waals surface area contributed by atoms with Gasteiger partial charge in [-0.2, -0.15) is 0 Å². The molecule has 1 N–H and O–H groups in total. The van der Waals surface area contributed by atoms with Gasteiger partial charge in [0, 0.05) is 6.54 Å². The van der Waals surface area contributed by atoms with E-state index in [0.717, 1.165) is 18.6 Å².